The van der Waals surface area contributed by atoms with Gasteiger partial charge in [0.15, 0.2) is 0 Å². The van der Waals surface area contributed by atoms with E-state index < -0.39 is 6.10 Å². The highest BCUT2D eigenvalue weighted by Gasteiger charge is 2.29. The zero-order chi connectivity index (χ0) is 12.3. The van der Waals surface area contributed by atoms with Crippen molar-refractivity contribution >= 4 is 0 Å². The monoisotopic (exact) mass is 236 g/mol. The number of rotatable bonds is 3. The van der Waals surface area contributed by atoms with Gasteiger partial charge in [0.1, 0.15) is 11.8 Å². The van der Waals surface area contributed by atoms with Gasteiger partial charge >= 0.3 is 0 Å². The number of aliphatic hydroxyl groups is 1. The number of ether oxygens (including phenoxy) is 1. The summed E-state index contributed by atoms with van der Waals surface area (Å²) in [6, 6.07) is 0. The van der Waals surface area contributed by atoms with Crippen molar-refractivity contribution in [1.29, 1.82) is 0 Å². The van der Waals surface area contributed by atoms with Crippen molar-refractivity contribution in [1.82, 2.24) is 9.97 Å². The zero-order valence-corrected chi connectivity index (χ0v) is 10.5. The SMILES string of the molecule is COc1nccnc1C(O)C1CCCC(C)C1. The molecule has 3 unspecified atom stereocenters. The van der Waals surface area contributed by atoms with E-state index in [1.54, 1.807) is 19.5 Å². The molecule has 1 aromatic rings. The molecular formula is C13H20N2O2. The number of hydrogen-bond acceptors (Lipinski definition) is 4. The molecule has 1 aliphatic rings. The number of aliphatic hydroxyl groups excluding tert-OH is 1. The Kier molecular flexibility index (Phi) is 3.94. The molecule has 0 aliphatic heterocycles. The van der Waals surface area contributed by atoms with E-state index >= 15 is 0 Å². The van der Waals surface area contributed by atoms with Crippen LogP contribution in [-0.2, 0) is 0 Å². The van der Waals surface area contributed by atoms with Crippen LogP contribution in [0.5, 0.6) is 5.88 Å². The van der Waals surface area contributed by atoms with Gasteiger partial charge in [-0.15, -0.1) is 0 Å². The van der Waals surface area contributed by atoms with Gasteiger partial charge in [-0.1, -0.05) is 19.8 Å². The average Bonchev–Trinajstić information content (AvgIpc) is 2.38. The summed E-state index contributed by atoms with van der Waals surface area (Å²) in [4.78, 5) is 8.30. The Morgan fingerprint density at radius 1 is 1.35 bits per heavy atom. The number of hydrogen-bond donors (Lipinski definition) is 1. The van der Waals surface area contributed by atoms with Crippen LogP contribution >= 0.6 is 0 Å². The fourth-order valence-electron chi connectivity index (χ4n) is 2.69. The van der Waals surface area contributed by atoms with Gasteiger partial charge in [-0.3, -0.25) is 4.98 Å². The highest BCUT2D eigenvalue weighted by molar-refractivity contribution is 5.20. The Morgan fingerprint density at radius 2 is 2.12 bits per heavy atom. The second-order valence-electron chi connectivity index (χ2n) is 4.93. The van der Waals surface area contributed by atoms with E-state index in [0.717, 1.165) is 12.8 Å². The van der Waals surface area contributed by atoms with Crippen LogP contribution in [0.2, 0.25) is 0 Å². The summed E-state index contributed by atoms with van der Waals surface area (Å²) in [5.41, 5.74) is 0.578. The lowest BCUT2D eigenvalue weighted by Crippen LogP contribution is -2.21. The van der Waals surface area contributed by atoms with Crippen molar-refractivity contribution in [3.8, 4) is 5.88 Å². The lowest BCUT2D eigenvalue weighted by Gasteiger charge is -2.30. The molecule has 1 aromatic heterocycles. The van der Waals surface area contributed by atoms with Crippen LogP contribution < -0.4 is 4.74 Å². The summed E-state index contributed by atoms with van der Waals surface area (Å²) >= 11 is 0. The molecule has 0 bridgehead atoms. The standard InChI is InChI=1S/C13H20N2O2/c1-9-4-3-5-10(8-9)12(16)11-13(17-2)15-7-6-14-11/h6-7,9-10,12,16H,3-5,8H2,1-2H3. The second kappa shape index (κ2) is 5.45. The maximum atomic E-state index is 10.4. The smallest absolute Gasteiger partial charge is 0.238 e. The molecular weight excluding hydrogens is 216 g/mol. The summed E-state index contributed by atoms with van der Waals surface area (Å²) in [5, 5.41) is 10.4. The molecule has 0 aromatic carbocycles. The van der Waals surface area contributed by atoms with Crippen molar-refractivity contribution in [2.24, 2.45) is 11.8 Å². The first-order valence-electron chi connectivity index (χ1n) is 6.25. The van der Waals surface area contributed by atoms with E-state index in [0.29, 0.717) is 17.5 Å². The van der Waals surface area contributed by atoms with E-state index in [2.05, 4.69) is 16.9 Å². The van der Waals surface area contributed by atoms with Gasteiger partial charge in [-0.2, -0.15) is 0 Å². The largest absolute Gasteiger partial charge is 0.480 e. The summed E-state index contributed by atoms with van der Waals surface area (Å²) in [6.07, 6.45) is 7.20. The molecule has 3 atom stereocenters. The topological polar surface area (TPSA) is 55.2 Å². The van der Waals surface area contributed by atoms with Gasteiger partial charge in [0, 0.05) is 12.4 Å². The van der Waals surface area contributed by atoms with Crippen molar-refractivity contribution in [3.63, 3.8) is 0 Å². The first-order valence-corrected chi connectivity index (χ1v) is 6.25. The van der Waals surface area contributed by atoms with Crippen LogP contribution in [0.4, 0.5) is 0 Å². The van der Waals surface area contributed by atoms with Crippen LogP contribution in [-0.4, -0.2) is 22.2 Å². The van der Waals surface area contributed by atoms with Gasteiger partial charge < -0.3 is 9.84 Å². The van der Waals surface area contributed by atoms with E-state index in [-0.39, 0.29) is 5.92 Å². The maximum Gasteiger partial charge on any atom is 0.238 e. The van der Waals surface area contributed by atoms with Gasteiger partial charge in [0.05, 0.1) is 7.11 Å². The summed E-state index contributed by atoms with van der Waals surface area (Å²) in [6.45, 7) is 2.24. The third kappa shape index (κ3) is 2.75. The van der Waals surface area contributed by atoms with Crippen molar-refractivity contribution < 1.29 is 9.84 Å². The molecule has 17 heavy (non-hydrogen) atoms. The van der Waals surface area contributed by atoms with Gasteiger partial charge in [-0.25, -0.2) is 4.98 Å². The maximum absolute atomic E-state index is 10.4. The van der Waals surface area contributed by atoms with Crippen molar-refractivity contribution in [2.75, 3.05) is 7.11 Å². The average molecular weight is 236 g/mol. The Morgan fingerprint density at radius 3 is 2.82 bits per heavy atom. The molecule has 0 saturated heterocycles. The first-order chi connectivity index (χ1) is 8.22. The molecule has 2 rings (SSSR count). The fraction of sp³-hybridized carbons (Fsp3) is 0.692. The molecule has 1 N–H and O–H groups in total. The first kappa shape index (κ1) is 12.3. The molecule has 4 nitrogen and oxygen atoms in total. The molecule has 94 valence electrons. The summed E-state index contributed by atoms with van der Waals surface area (Å²) in [7, 11) is 1.56. The predicted molar refractivity (Wildman–Crippen MR) is 64.7 cm³/mol. The van der Waals surface area contributed by atoms with E-state index in [1.807, 2.05) is 0 Å². The normalized spacial score (nSPS) is 26.5. The Balaban J connectivity index is 2.15. The molecule has 4 heteroatoms. The zero-order valence-electron chi connectivity index (χ0n) is 10.5. The Labute approximate surface area is 102 Å². The molecule has 1 heterocycles. The molecule has 1 fully saturated rings. The lowest BCUT2D eigenvalue weighted by molar-refractivity contribution is 0.0652. The third-order valence-corrected chi connectivity index (χ3v) is 3.59. The third-order valence-electron chi connectivity index (χ3n) is 3.59. The fourth-order valence-corrected chi connectivity index (χ4v) is 2.69. The van der Waals surface area contributed by atoms with Crippen LogP contribution in [0.3, 0.4) is 0 Å². The van der Waals surface area contributed by atoms with Gasteiger partial charge in [-0.05, 0) is 24.7 Å². The van der Waals surface area contributed by atoms with Crippen LogP contribution in [0.1, 0.15) is 44.4 Å². The number of nitrogens with zero attached hydrogens (tertiary/aromatic N) is 2. The molecule has 0 spiro atoms. The van der Waals surface area contributed by atoms with Gasteiger partial charge in [0.2, 0.25) is 5.88 Å². The molecule has 1 saturated carbocycles. The van der Waals surface area contributed by atoms with Gasteiger partial charge in [0.25, 0.3) is 0 Å². The quantitative estimate of drug-likeness (QED) is 0.875. The van der Waals surface area contributed by atoms with Crippen LogP contribution in [0.15, 0.2) is 12.4 Å². The minimum Gasteiger partial charge on any atom is -0.480 e. The summed E-state index contributed by atoms with van der Waals surface area (Å²) < 4.78 is 5.15. The highest BCUT2D eigenvalue weighted by atomic mass is 16.5. The molecule has 1 aliphatic carbocycles. The second-order valence-corrected chi connectivity index (χ2v) is 4.93. The highest BCUT2D eigenvalue weighted by Crippen LogP contribution is 2.38. The molecule has 0 amide bonds. The number of aromatic nitrogens is 2. The van der Waals surface area contributed by atoms with Crippen molar-refractivity contribution in [2.45, 2.75) is 38.7 Å². The Bertz CT molecular complexity index is 370. The van der Waals surface area contributed by atoms with Crippen LogP contribution in [0, 0.1) is 11.8 Å². The minimum absolute atomic E-state index is 0.282. The molecule has 0 radical (unpaired) electrons. The van der Waals surface area contributed by atoms with Crippen molar-refractivity contribution in [3.05, 3.63) is 18.1 Å². The van der Waals surface area contributed by atoms with E-state index in [4.69, 9.17) is 4.74 Å². The van der Waals surface area contributed by atoms with Crippen LogP contribution in [0.25, 0.3) is 0 Å². The lowest BCUT2D eigenvalue weighted by atomic mass is 9.79. The summed E-state index contributed by atoms with van der Waals surface area (Å²) in [5.74, 6) is 1.41. The van der Waals surface area contributed by atoms with E-state index in [9.17, 15) is 5.11 Å². The minimum atomic E-state index is -0.554. The van der Waals surface area contributed by atoms with E-state index in [1.165, 1.54) is 12.8 Å². The number of methoxy groups -OCH3 is 1. The predicted octanol–water partition coefficient (Wildman–Crippen LogP) is 2.34. The Hall–Kier alpha value is -1.16.